The zero-order chi connectivity index (χ0) is 10.7. The fourth-order valence-electron chi connectivity index (χ4n) is 1.99. The molecule has 0 bridgehead atoms. The van der Waals surface area contributed by atoms with E-state index in [0.29, 0.717) is 12.1 Å². The summed E-state index contributed by atoms with van der Waals surface area (Å²) < 4.78 is 5.65. The van der Waals surface area contributed by atoms with E-state index in [1.165, 1.54) is 25.7 Å². The summed E-state index contributed by atoms with van der Waals surface area (Å²) in [6, 6.07) is 0.657. The van der Waals surface area contributed by atoms with Crippen LogP contribution in [0.4, 0.5) is 0 Å². The van der Waals surface area contributed by atoms with Gasteiger partial charge in [-0.25, -0.2) is 0 Å². The Bertz CT molecular complexity index is 229. The second kappa shape index (κ2) is 5.12. The van der Waals surface area contributed by atoms with E-state index in [1.807, 2.05) is 0 Å². The van der Waals surface area contributed by atoms with Gasteiger partial charge >= 0.3 is 0 Å². The van der Waals surface area contributed by atoms with Crippen LogP contribution in [-0.4, -0.2) is 41.9 Å². The molecule has 2 aliphatic rings. The van der Waals surface area contributed by atoms with Crippen LogP contribution < -0.4 is 5.32 Å². The summed E-state index contributed by atoms with van der Waals surface area (Å²) in [5, 5.41) is 4.32. The van der Waals surface area contributed by atoms with Crippen molar-refractivity contribution in [3.05, 3.63) is 0 Å². The summed E-state index contributed by atoms with van der Waals surface area (Å²) in [7, 11) is 0. The number of hydrogen-bond donors (Lipinski definition) is 1. The molecule has 4 heteroatoms. The molecule has 2 rings (SSSR count). The maximum Gasteiger partial charge on any atom is 0.169 e. The van der Waals surface area contributed by atoms with E-state index in [-0.39, 0.29) is 0 Å². The first-order valence-corrected chi connectivity index (χ1v) is 6.37. The molecule has 1 heterocycles. The summed E-state index contributed by atoms with van der Waals surface area (Å²) >= 11 is 5.39. The summed E-state index contributed by atoms with van der Waals surface area (Å²) in [6.45, 7) is 4.91. The van der Waals surface area contributed by atoms with Crippen LogP contribution in [0, 0.1) is 0 Å². The monoisotopic (exact) mass is 228 g/mol. The maximum absolute atomic E-state index is 5.65. The van der Waals surface area contributed by atoms with Crippen LogP contribution in [0.1, 0.15) is 32.6 Å². The summed E-state index contributed by atoms with van der Waals surface area (Å²) in [5.41, 5.74) is 0. The van der Waals surface area contributed by atoms with E-state index in [2.05, 4.69) is 17.1 Å². The Hall–Kier alpha value is -0.350. The third kappa shape index (κ3) is 3.31. The molecule has 1 aliphatic heterocycles. The van der Waals surface area contributed by atoms with Gasteiger partial charge in [0.1, 0.15) is 0 Å². The lowest BCUT2D eigenvalue weighted by Gasteiger charge is -2.34. The number of nitrogens with zero attached hydrogens (tertiary/aromatic N) is 1. The summed E-state index contributed by atoms with van der Waals surface area (Å²) in [5.74, 6) is 0. The molecule has 1 unspecified atom stereocenters. The van der Waals surface area contributed by atoms with Gasteiger partial charge in [-0.2, -0.15) is 0 Å². The van der Waals surface area contributed by atoms with Gasteiger partial charge in [-0.05, 0) is 44.8 Å². The molecule has 1 N–H and O–H groups in total. The molecular formula is C11H20N2OS. The van der Waals surface area contributed by atoms with Gasteiger partial charge in [-0.3, -0.25) is 0 Å². The van der Waals surface area contributed by atoms with Crippen molar-refractivity contribution in [2.75, 3.05) is 19.7 Å². The first kappa shape index (κ1) is 11.1. The van der Waals surface area contributed by atoms with Crippen LogP contribution in [0.5, 0.6) is 0 Å². The van der Waals surface area contributed by atoms with Crippen molar-refractivity contribution in [1.82, 2.24) is 10.2 Å². The van der Waals surface area contributed by atoms with Crippen molar-refractivity contribution in [3.63, 3.8) is 0 Å². The number of thiocarbonyl (C=S) groups is 1. The number of nitrogens with one attached hydrogen (secondary N) is 1. The Morgan fingerprint density at radius 3 is 2.93 bits per heavy atom. The summed E-state index contributed by atoms with van der Waals surface area (Å²) in [6.07, 6.45) is 5.31. The quantitative estimate of drug-likeness (QED) is 0.740. The van der Waals surface area contributed by atoms with Crippen molar-refractivity contribution in [2.24, 2.45) is 0 Å². The van der Waals surface area contributed by atoms with Crippen molar-refractivity contribution in [1.29, 1.82) is 0 Å². The standard InChI is InChI=1S/C11H20N2OS/c1-2-14-10-4-3-7-13(8-10)11(15)12-9-5-6-9/h9-10H,2-8H2,1H3,(H,12,15). The van der Waals surface area contributed by atoms with Gasteiger partial charge in [0.05, 0.1) is 6.10 Å². The van der Waals surface area contributed by atoms with Crippen LogP contribution >= 0.6 is 12.2 Å². The predicted molar refractivity (Wildman–Crippen MR) is 65.0 cm³/mol. The topological polar surface area (TPSA) is 24.5 Å². The molecule has 0 aromatic rings. The maximum atomic E-state index is 5.65. The average Bonchev–Trinajstić information content (AvgIpc) is 3.03. The Morgan fingerprint density at radius 2 is 2.27 bits per heavy atom. The molecular weight excluding hydrogens is 208 g/mol. The van der Waals surface area contributed by atoms with Crippen LogP contribution in [0.2, 0.25) is 0 Å². The Morgan fingerprint density at radius 1 is 1.47 bits per heavy atom. The van der Waals surface area contributed by atoms with Crippen molar-refractivity contribution in [3.8, 4) is 0 Å². The highest BCUT2D eigenvalue weighted by molar-refractivity contribution is 7.80. The Kier molecular flexibility index (Phi) is 3.81. The molecule has 86 valence electrons. The minimum absolute atomic E-state index is 0.378. The highest BCUT2D eigenvalue weighted by Gasteiger charge is 2.26. The predicted octanol–water partition coefficient (Wildman–Crippen LogP) is 1.52. The molecule has 1 saturated heterocycles. The summed E-state index contributed by atoms with van der Waals surface area (Å²) in [4.78, 5) is 2.26. The molecule has 0 aromatic heterocycles. The smallest absolute Gasteiger partial charge is 0.169 e. The second-order valence-electron chi connectivity index (χ2n) is 4.39. The van der Waals surface area contributed by atoms with Gasteiger partial charge in [0.25, 0.3) is 0 Å². The lowest BCUT2D eigenvalue weighted by Crippen LogP contribution is -2.48. The highest BCUT2D eigenvalue weighted by atomic mass is 32.1. The minimum atomic E-state index is 0.378. The first-order valence-electron chi connectivity index (χ1n) is 5.96. The minimum Gasteiger partial charge on any atom is -0.377 e. The number of hydrogen-bond acceptors (Lipinski definition) is 2. The van der Waals surface area contributed by atoms with Crippen molar-refractivity contribution in [2.45, 2.75) is 44.8 Å². The largest absolute Gasteiger partial charge is 0.377 e. The third-order valence-electron chi connectivity index (χ3n) is 2.97. The SMILES string of the molecule is CCOC1CCCN(C(=S)NC2CC2)C1. The number of rotatable bonds is 3. The van der Waals surface area contributed by atoms with Gasteiger partial charge in [0.2, 0.25) is 0 Å². The molecule has 0 amide bonds. The number of likely N-dealkylation sites (tertiary alicyclic amines) is 1. The van der Waals surface area contributed by atoms with E-state index in [9.17, 15) is 0 Å². The Labute approximate surface area is 97.2 Å². The van der Waals surface area contributed by atoms with Crippen molar-refractivity contribution >= 4 is 17.3 Å². The normalized spacial score (nSPS) is 26.5. The first-order chi connectivity index (χ1) is 7.29. The zero-order valence-corrected chi connectivity index (χ0v) is 10.2. The average molecular weight is 228 g/mol. The highest BCUT2D eigenvalue weighted by Crippen LogP contribution is 2.20. The molecule has 0 spiro atoms. The molecule has 0 aromatic carbocycles. The molecule has 1 saturated carbocycles. The molecule has 3 nitrogen and oxygen atoms in total. The van der Waals surface area contributed by atoms with Gasteiger partial charge < -0.3 is 15.0 Å². The fourth-order valence-corrected chi connectivity index (χ4v) is 2.32. The lowest BCUT2D eigenvalue weighted by atomic mass is 10.1. The van der Waals surface area contributed by atoms with Crippen LogP contribution in [-0.2, 0) is 4.74 Å². The Balaban J connectivity index is 1.77. The van der Waals surface area contributed by atoms with E-state index < -0.39 is 0 Å². The van der Waals surface area contributed by atoms with Crippen LogP contribution in [0.25, 0.3) is 0 Å². The molecule has 2 fully saturated rings. The number of ether oxygens (including phenoxy) is 1. The van der Waals surface area contributed by atoms with E-state index in [4.69, 9.17) is 17.0 Å². The molecule has 1 aliphatic carbocycles. The van der Waals surface area contributed by atoms with Gasteiger partial charge in [-0.1, -0.05) is 0 Å². The number of piperidine rings is 1. The zero-order valence-electron chi connectivity index (χ0n) is 9.37. The molecule has 0 radical (unpaired) electrons. The fraction of sp³-hybridized carbons (Fsp3) is 0.909. The lowest BCUT2D eigenvalue weighted by molar-refractivity contribution is 0.0234. The van der Waals surface area contributed by atoms with Crippen molar-refractivity contribution < 1.29 is 4.74 Å². The second-order valence-corrected chi connectivity index (χ2v) is 4.78. The third-order valence-corrected chi connectivity index (χ3v) is 3.35. The molecule has 1 atom stereocenters. The molecule has 15 heavy (non-hydrogen) atoms. The van der Waals surface area contributed by atoms with Crippen LogP contribution in [0.15, 0.2) is 0 Å². The van der Waals surface area contributed by atoms with Crippen LogP contribution in [0.3, 0.4) is 0 Å². The van der Waals surface area contributed by atoms with Gasteiger partial charge in [0, 0.05) is 25.7 Å². The van der Waals surface area contributed by atoms with E-state index in [0.717, 1.165) is 24.8 Å². The van der Waals surface area contributed by atoms with E-state index in [1.54, 1.807) is 0 Å². The van der Waals surface area contributed by atoms with Gasteiger partial charge in [0.15, 0.2) is 5.11 Å². The van der Waals surface area contributed by atoms with E-state index >= 15 is 0 Å². The van der Waals surface area contributed by atoms with Gasteiger partial charge in [-0.15, -0.1) is 0 Å².